The standard InChI is InChI=1S/C16H10F3N5O3S/c17-16(18,19)26-12-5-3-11(4-6-12)24-15(20-22-23-24)28-9-10-8-14(27-21-10)13-2-1-7-25-13/h1-8H,9H2. The normalized spacial score (nSPS) is 11.7. The number of thioether (sulfide) groups is 1. The molecular weight excluding hydrogens is 399 g/mol. The minimum Gasteiger partial charge on any atom is -0.461 e. The van der Waals surface area contributed by atoms with E-state index in [2.05, 4.69) is 25.4 Å². The second kappa shape index (κ2) is 7.38. The quantitative estimate of drug-likeness (QED) is 0.440. The lowest BCUT2D eigenvalue weighted by molar-refractivity contribution is -0.274. The van der Waals surface area contributed by atoms with Crippen molar-refractivity contribution in [2.24, 2.45) is 0 Å². The first-order chi connectivity index (χ1) is 13.5. The van der Waals surface area contributed by atoms with E-state index in [1.54, 1.807) is 18.2 Å². The van der Waals surface area contributed by atoms with Gasteiger partial charge in [0.2, 0.25) is 10.9 Å². The summed E-state index contributed by atoms with van der Waals surface area (Å²) in [6.07, 6.45) is -3.21. The molecule has 0 atom stereocenters. The molecule has 0 aliphatic rings. The van der Waals surface area contributed by atoms with Crippen molar-refractivity contribution in [2.45, 2.75) is 17.3 Å². The number of hydrogen-bond donors (Lipinski definition) is 0. The van der Waals surface area contributed by atoms with Crippen LogP contribution in [0.4, 0.5) is 13.2 Å². The Morgan fingerprint density at radius 1 is 1.11 bits per heavy atom. The largest absolute Gasteiger partial charge is 0.573 e. The molecule has 0 amide bonds. The van der Waals surface area contributed by atoms with Gasteiger partial charge < -0.3 is 13.7 Å². The van der Waals surface area contributed by atoms with Gasteiger partial charge >= 0.3 is 6.36 Å². The first-order valence-electron chi connectivity index (χ1n) is 7.75. The highest BCUT2D eigenvalue weighted by molar-refractivity contribution is 7.98. The predicted molar refractivity (Wildman–Crippen MR) is 89.6 cm³/mol. The molecule has 4 rings (SSSR count). The molecule has 12 heteroatoms. The molecule has 0 saturated carbocycles. The van der Waals surface area contributed by atoms with Gasteiger partial charge in [0.15, 0.2) is 5.76 Å². The van der Waals surface area contributed by atoms with Gasteiger partial charge in [-0.25, -0.2) is 0 Å². The third-order valence-corrected chi connectivity index (χ3v) is 4.38. The fourth-order valence-corrected chi connectivity index (χ4v) is 3.04. The summed E-state index contributed by atoms with van der Waals surface area (Å²) < 4.78 is 52.5. The highest BCUT2D eigenvalue weighted by atomic mass is 32.2. The Balaban J connectivity index is 1.44. The monoisotopic (exact) mass is 409 g/mol. The molecule has 144 valence electrons. The third-order valence-electron chi connectivity index (χ3n) is 3.43. The molecule has 0 aliphatic carbocycles. The Hall–Kier alpha value is -3.28. The fourth-order valence-electron chi connectivity index (χ4n) is 2.27. The molecule has 3 aromatic heterocycles. The van der Waals surface area contributed by atoms with Crippen molar-refractivity contribution in [2.75, 3.05) is 0 Å². The van der Waals surface area contributed by atoms with Crippen LogP contribution in [0.15, 0.2) is 62.8 Å². The van der Waals surface area contributed by atoms with Gasteiger partial charge in [-0.15, -0.1) is 18.3 Å². The maximum absolute atomic E-state index is 12.3. The lowest BCUT2D eigenvalue weighted by Crippen LogP contribution is -2.17. The summed E-state index contributed by atoms with van der Waals surface area (Å²) in [4.78, 5) is 0. The van der Waals surface area contributed by atoms with E-state index in [0.29, 0.717) is 33.8 Å². The van der Waals surface area contributed by atoms with Gasteiger partial charge in [0.25, 0.3) is 0 Å². The molecule has 1 aromatic carbocycles. The van der Waals surface area contributed by atoms with Crippen molar-refractivity contribution in [3.05, 3.63) is 54.4 Å². The van der Waals surface area contributed by atoms with Crippen molar-refractivity contribution in [1.82, 2.24) is 25.4 Å². The van der Waals surface area contributed by atoms with Gasteiger partial charge in [-0.05, 0) is 46.8 Å². The van der Waals surface area contributed by atoms with E-state index < -0.39 is 6.36 Å². The van der Waals surface area contributed by atoms with Crippen LogP contribution < -0.4 is 4.74 Å². The number of furan rings is 1. The predicted octanol–water partition coefficient (Wildman–Crippen LogP) is 4.10. The molecule has 3 heterocycles. The average molecular weight is 409 g/mol. The molecule has 28 heavy (non-hydrogen) atoms. The van der Waals surface area contributed by atoms with Gasteiger partial charge in [0.1, 0.15) is 5.75 Å². The van der Waals surface area contributed by atoms with Crippen molar-refractivity contribution < 1.29 is 26.8 Å². The van der Waals surface area contributed by atoms with Crippen LogP contribution in [0, 0.1) is 0 Å². The van der Waals surface area contributed by atoms with Crippen LogP contribution in [0.5, 0.6) is 5.75 Å². The topological polar surface area (TPSA) is 92.0 Å². The zero-order valence-corrected chi connectivity index (χ0v) is 14.6. The molecule has 0 radical (unpaired) electrons. The molecule has 0 aliphatic heterocycles. The summed E-state index contributed by atoms with van der Waals surface area (Å²) in [5.41, 5.74) is 1.14. The lowest BCUT2D eigenvalue weighted by Gasteiger charge is -2.09. The van der Waals surface area contributed by atoms with Crippen LogP contribution in [0.3, 0.4) is 0 Å². The molecule has 8 nitrogen and oxygen atoms in total. The van der Waals surface area contributed by atoms with Crippen molar-refractivity contribution in [3.63, 3.8) is 0 Å². The first-order valence-corrected chi connectivity index (χ1v) is 8.73. The number of halogens is 3. The van der Waals surface area contributed by atoms with E-state index >= 15 is 0 Å². The van der Waals surface area contributed by atoms with Crippen LogP contribution in [-0.2, 0) is 5.75 Å². The van der Waals surface area contributed by atoms with E-state index in [0.717, 1.165) is 0 Å². The minimum atomic E-state index is -4.75. The third kappa shape index (κ3) is 4.17. The Morgan fingerprint density at radius 3 is 2.64 bits per heavy atom. The van der Waals surface area contributed by atoms with Gasteiger partial charge in [-0.3, -0.25) is 0 Å². The van der Waals surface area contributed by atoms with Gasteiger partial charge in [0.05, 0.1) is 17.6 Å². The lowest BCUT2D eigenvalue weighted by atomic mass is 10.3. The number of rotatable bonds is 6. The Morgan fingerprint density at radius 2 is 1.93 bits per heavy atom. The van der Waals surface area contributed by atoms with Crippen LogP contribution in [-0.4, -0.2) is 31.7 Å². The van der Waals surface area contributed by atoms with Gasteiger partial charge in [0, 0.05) is 11.8 Å². The van der Waals surface area contributed by atoms with Gasteiger partial charge in [-0.2, -0.15) is 4.68 Å². The second-order valence-electron chi connectivity index (χ2n) is 5.36. The zero-order valence-electron chi connectivity index (χ0n) is 13.8. The molecule has 0 saturated heterocycles. The Kier molecular flexibility index (Phi) is 4.77. The first kappa shape index (κ1) is 18.1. The number of ether oxygens (including phenoxy) is 1. The molecule has 0 unspecified atom stereocenters. The number of tetrazole rings is 1. The summed E-state index contributed by atoms with van der Waals surface area (Å²) in [5, 5.41) is 15.8. The minimum absolute atomic E-state index is 0.327. The SMILES string of the molecule is FC(F)(F)Oc1ccc(-n2nnnc2SCc2cc(-c3ccco3)on2)cc1. The van der Waals surface area contributed by atoms with E-state index in [9.17, 15) is 13.2 Å². The van der Waals surface area contributed by atoms with Crippen LogP contribution >= 0.6 is 11.8 Å². The van der Waals surface area contributed by atoms with Crippen LogP contribution in [0.25, 0.3) is 17.2 Å². The number of hydrogen-bond acceptors (Lipinski definition) is 8. The van der Waals surface area contributed by atoms with Gasteiger partial charge in [-0.1, -0.05) is 16.9 Å². The van der Waals surface area contributed by atoms with Crippen molar-refractivity contribution in [1.29, 1.82) is 0 Å². The Labute approximate surface area is 159 Å². The number of benzene rings is 1. The summed E-state index contributed by atoms with van der Waals surface area (Å²) in [5.74, 6) is 1.15. The molecule has 0 spiro atoms. The summed E-state index contributed by atoms with van der Waals surface area (Å²) in [6.45, 7) is 0. The highest BCUT2D eigenvalue weighted by Crippen LogP contribution is 2.27. The van der Waals surface area contributed by atoms with Crippen LogP contribution in [0.1, 0.15) is 5.69 Å². The average Bonchev–Trinajstić information content (AvgIpc) is 3.40. The number of nitrogens with zero attached hydrogens (tertiary/aromatic N) is 5. The van der Waals surface area contributed by atoms with Crippen LogP contribution in [0.2, 0.25) is 0 Å². The number of aromatic nitrogens is 5. The highest BCUT2D eigenvalue weighted by Gasteiger charge is 2.31. The van der Waals surface area contributed by atoms with E-state index in [4.69, 9.17) is 8.94 Å². The van der Waals surface area contributed by atoms with E-state index in [-0.39, 0.29) is 5.75 Å². The van der Waals surface area contributed by atoms with E-state index in [1.165, 1.54) is 47.0 Å². The summed E-state index contributed by atoms with van der Waals surface area (Å²) >= 11 is 1.29. The maximum atomic E-state index is 12.3. The molecule has 4 aromatic rings. The Bertz CT molecular complexity index is 1040. The van der Waals surface area contributed by atoms with E-state index in [1.807, 2.05) is 0 Å². The van der Waals surface area contributed by atoms with Crippen molar-refractivity contribution in [3.8, 4) is 23.0 Å². The molecular formula is C16H10F3N5O3S. The summed E-state index contributed by atoms with van der Waals surface area (Å²) in [6, 6.07) is 10.5. The summed E-state index contributed by atoms with van der Waals surface area (Å²) in [7, 11) is 0. The van der Waals surface area contributed by atoms with Crippen molar-refractivity contribution >= 4 is 11.8 Å². The molecule has 0 N–H and O–H groups in total. The smallest absolute Gasteiger partial charge is 0.461 e. The second-order valence-corrected chi connectivity index (χ2v) is 6.31. The maximum Gasteiger partial charge on any atom is 0.573 e. The molecule has 0 bridgehead atoms. The number of alkyl halides is 3. The molecule has 0 fully saturated rings. The zero-order chi connectivity index (χ0) is 19.6. The fraction of sp³-hybridized carbons (Fsp3) is 0.125.